The molecule has 3 aliphatic rings. The van der Waals surface area contributed by atoms with E-state index in [1.54, 1.807) is 25.6 Å². The Morgan fingerprint density at radius 3 is 2.68 bits per heavy atom. The Morgan fingerprint density at radius 2 is 1.93 bits per heavy atom. The summed E-state index contributed by atoms with van der Waals surface area (Å²) in [6.45, 7) is 5.64. The molecule has 41 heavy (non-hydrogen) atoms. The number of amides is 2. The number of anilines is 4. The van der Waals surface area contributed by atoms with Gasteiger partial charge in [-0.25, -0.2) is 9.37 Å². The van der Waals surface area contributed by atoms with Crippen LogP contribution in [0.5, 0.6) is 5.75 Å². The quantitative estimate of drug-likeness (QED) is 0.457. The van der Waals surface area contributed by atoms with E-state index in [1.807, 2.05) is 30.2 Å². The Hall–Kier alpha value is -4.25. The Balaban J connectivity index is 1.17. The van der Waals surface area contributed by atoms with Gasteiger partial charge in [0.25, 0.3) is 0 Å². The lowest BCUT2D eigenvalue weighted by molar-refractivity contribution is -0.132. The number of nitrogens with zero attached hydrogens (tertiary/aromatic N) is 5. The van der Waals surface area contributed by atoms with Crippen LogP contribution in [-0.2, 0) is 14.3 Å². The molecule has 1 atom stereocenters. The molecule has 0 bridgehead atoms. The second-order valence-electron chi connectivity index (χ2n) is 10.5. The molecular formula is C30H33FN6O4. The van der Waals surface area contributed by atoms with E-state index in [9.17, 15) is 9.59 Å². The zero-order valence-corrected chi connectivity index (χ0v) is 23.2. The number of carbonyl (C=O) groups is 2. The van der Waals surface area contributed by atoms with Crippen molar-refractivity contribution in [1.29, 1.82) is 0 Å². The number of fused-ring (bicyclic) bond motifs is 3. The molecule has 0 aliphatic carbocycles. The number of pyridine rings is 2. The summed E-state index contributed by atoms with van der Waals surface area (Å²) in [4.78, 5) is 39.1. The molecule has 2 fully saturated rings. The summed E-state index contributed by atoms with van der Waals surface area (Å²) >= 11 is 0. The highest BCUT2D eigenvalue weighted by Gasteiger charge is 2.30. The molecule has 6 rings (SSSR count). The van der Waals surface area contributed by atoms with E-state index in [0.29, 0.717) is 56.2 Å². The van der Waals surface area contributed by atoms with Gasteiger partial charge in [0.05, 0.1) is 42.5 Å². The van der Waals surface area contributed by atoms with E-state index in [0.717, 1.165) is 42.0 Å². The average molecular weight is 561 g/mol. The first-order valence-corrected chi connectivity index (χ1v) is 14.0. The number of benzene rings is 1. The molecule has 1 aromatic carbocycles. The van der Waals surface area contributed by atoms with E-state index in [4.69, 9.17) is 9.47 Å². The molecule has 3 aliphatic heterocycles. The van der Waals surface area contributed by atoms with E-state index < -0.39 is 5.82 Å². The largest absolute Gasteiger partial charge is 0.485 e. The first kappa shape index (κ1) is 26.9. The first-order chi connectivity index (χ1) is 19.9. The monoisotopic (exact) mass is 560 g/mol. The maximum absolute atomic E-state index is 15.1. The summed E-state index contributed by atoms with van der Waals surface area (Å²) in [6, 6.07) is 7.00. The third-order valence-corrected chi connectivity index (χ3v) is 7.89. The van der Waals surface area contributed by atoms with Gasteiger partial charge in [0.15, 0.2) is 0 Å². The van der Waals surface area contributed by atoms with Crippen LogP contribution >= 0.6 is 0 Å². The molecule has 0 saturated carbocycles. The molecule has 1 N–H and O–H groups in total. The minimum atomic E-state index is -0.451. The fourth-order valence-electron chi connectivity index (χ4n) is 5.69. The van der Waals surface area contributed by atoms with Crippen molar-refractivity contribution in [2.75, 3.05) is 61.6 Å². The number of carbonyl (C=O) groups excluding carboxylic acids is 2. The van der Waals surface area contributed by atoms with Crippen LogP contribution in [0.15, 0.2) is 42.9 Å². The highest BCUT2D eigenvalue weighted by molar-refractivity contribution is 5.96. The maximum Gasteiger partial charge on any atom is 0.227 e. The van der Waals surface area contributed by atoms with Crippen molar-refractivity contribution in [1.82, 2.24) is 14.9 Å². The Kier molecular flexibility index (Phi) is 7.44. The minimum absolute atomic E-state index is 0.0700. The van der Waals surface area contributed by atoms with Gasteiger partial charge in [-0.3, -0.25) is 14.6 Å². The molecule has 2 saturated heterocycles. The SMILES string of the molecule is COCCC(=O)N1CCN(c2cncc(Nc3cc4c(cn3)-c3cc(F)c(N5CCCC5=O)cc3OC4C)c2)CC1. The Labute approximate surface area is 238 Å². The highest BCUT2D eigenvalue weighted by Crippen LogP contribution is 2.45. The zero-order chi connectivity index (χ0) is 28.5. The van der Waals surface area contributed by atoms with Crippen molar-refractivity contribution in [3.05, 3.63) is 54.2 Å². The van der Waals surface area contributed by atoms with Crippen molar-refractivity contribution in [2.45, 2.75) is 32.3 Å². The third-order valence-electron chi connectivity index (χ3n) is 7.89. The van der Waals surface area contributed by atoms with E-state index >= 15 is 4.39 Å². The molecule has 0 radical (unpaired) electrons. The molecule has 214 valence electrons. The van der Waals surface area contributed by atoms with Gasteiger partial charge in [-0.05, 0) is 31.5 Å². The second kappa shape index (κ2) is 11.3. The minimum Gasteiger partial charge on any atom is -0.485 e. The topological polar surface area (TPSA) is 100 Å². The van der Waals surface area contributed by atoms with Crippen LogP contribution in [0.2, 0.25) is 0 Å². The number of aromatic nitrogens is 2. The Morgan fingerprint density at radius 1 is 1.10 bits per heavy atom. The van der Waals surface area contributed by atoms with E-state index in [1.165, 1.54) is 11.0 Å². The molecule has 5 heterocycles. The van der Waals surface area contributed by atoms with E-state index in [2.05, 4.69) is 20.2 Å². The smallest absolute Gasteiger partial charge is 0.227 e. The molecule has 0 spiro atoms. The predicted molar refractivity (Wildman–Crippen MR) is 153 cm³/mol. The standard InChI is InChI=1S/C30H33FN6O4/c1-19-22-14-28(33-18-24(22)23-13-25(31)26(15-27(23)41-19)37-6-3-4-30(37)39)34-20-12-21(17-32-16-20)35-7-9-36(10-8-35)29(38)5-11-40-2/h12-19H,3-11H2,1-2H3,(H,33,34). The van der Waals surface area contributed by atoms with Crippen LogP contribution in [0.1, 0.15) is 37.9 Å². The number of nitrogens with one attached hydrogen (secondary N) is 1. The van der Waals surface area contributed by atoms with Crippen molar-refractivity contribution in [3.8, 4) is 16.9 Å². The molecule has 10 nitrogen and oxygen atoms in total. The Bertz CT molecular complexity index is 1480. The van der Waals surface area contributed by atoms with Crippen LogP contribution in [0.25, 0.3) is 11.1 Å². The summed E-state index contributed by atoms with van der Waals surface area (Å²) in [7, 11) is 1.60. The number of hydrogen-bond donors (Lipinski definition) is 1. The lowest BCUT2D eigenvalue weighted by atomic mass is 9.94. The van der Waals surface area contributed by atoms with Gasteiger partial charge in [-0.2, -0.15) is 0 Å². The van der Waals surface area contributed by atoms with Crippen molar-refractivity contribution >= 4 is 34.7 Å². The van der Waals surface area contributed by atoms with Crippen molar-refractivity contribution in [3.63, 3.8) is 0 Å². The van der Waals surface area contributed by atoms with Gasteiger partial charge >= 0.3 is 0 Å². The van der Waals surface area contributed by atoms with Gasteiger partial charge in [0.2, 0.25) is 11.8 Å². The average Bonchev–Trinajstić information content (AvgIpc) is 3.42. The molecule has 2 aromatic heterocycles. The first-order valence-electron chi connectivity index (χ1n) is 14.0. The van der Waals surface area contributed by atoms with Crippen LogP contribution in [0, 0.1) is 5.82 Å². The fraction of sp³-hybridized carbons (Fsp3) is 0.400. The number of halogens is 1. The molecule has 2 amide bonds. The van der Waals surface area contributed by atoms with Gasteiger partial charge in [-0.1, -0.05) is 0 Å². The maximum atomic E-state index is 15.1. The number of rotatable bonds is 7. The number of hydrogen-bond acceptors (Lipinski definition) is 8. The van der Waals surface area contributed by atoms with Crippen LogP contribution < -0.4 is 19.9 Å². The summed E-state index contributed by atoms with van der Waals surface area (Å²) in [5.74, 6) is 0.757. The highest BCUT2D eigenvalue weighted by atomic mass is 19.1. The predicted octanol–water partition coefficient (Wildman–Crippen LogP) is 4.29. The van der Waals surface area contributed by atoms with Crippen LogP contribution in [0.4, 0.5) is 27.3 Å². The third kappa shape index (κ3) is 5.41. The summed E-state index contributed by atoms with van der Waals surface area (Å²) in [5.41, 5.74) is 4.31. The summed E-state index contributed by atoms with van der Waals surface area (Å²) in [6.07, 6.45) is 6.55. The second-order valence-corrected chi connectivity index (χ2v) is 10.5. The normalized spacial score (nSPS) is 18.2. The fourth-order valence-corrected chi connectivity index (χ4v) is 5.69. The molecule has 1 unspecified atom stereocenters. The lowest BCUT2D eigenvalue weighted by Gasteiger charge is -2.36. The number of methoxy groups -OCH3 is 1. The molecule has 3 aromatic rings. The van der Waals surface area contributed by atoms with Gasteiger partial charge < -0.3 is 29.5 Å². The zero-order valence-electron chi connectivity index (χ0n) is 23.2. The number of piperazine rings is 1. The van der Waals surface area contributed by atoms with Crippen molar-refractivity contribution < 1.29 is 23.5 Å². The van der Waals surface area contributed by atoms with Crippen LogP contribution in [0.3, 0.4) is 0 Å². The van der Waals surface area contributed by atoms with Crippen molar-refractivity contribution in [2.24, 2.45) is 0 Å². The van der Waals surface area contributed by atoms with Crippen LogP contribution in [-0.4, -0.2) is 73.1 Å². The van der Waals surface area contributed by atoms with Gasteiger partial charge in [0, 0.05) is 75.2 Å². The van der Waals surface area contributed by atoms with Gasteiger partial charge in [0.1, 0.15) is 23.5 Å². The van der Waals surface area contributed by atoms with E-state index in [-0.39, 0.29) is 23.6 Å². The number of ether oxygens (including phenoxy) is 2. The summed E-state index contributed by atoms with van der Waals surface area (Å²) < 4.78 is 26.4. The lowest BCUT2D eigenvalue weighted by Crippen LogP contribution is -2.49. The molecular weight excluding hydrogens is 527 g/mol. The summed E-state index contributed by atoms with van der Waals surface area (Å²) in [5, 5.41) is 3.34. The van der Waals surface area contributed by atoms with Gasteiger partial charge in [-0.15, -0.1) is 0 Å². The molecule has 11 heteroatoms.